The van der Waals surface area contributed by atoms with Gasteiger partial charge in [-0.05, 0) is 36.5 Å². The molecule has 2 heteroatoms. The van der Waals surface area contributed by atoms with Crippen LogP contribution in [-0.2, 0) is 6.42 Å². The summed E-state index contributed by atoms with van der Waals surface area (Å²) in [5.74, 6) is 1.31. The fraction of sp³-hybridized carbons (Fsp3) is 0.462. The van der Waals surface area contributed by atoms with E-state index in [1.807, 2.05) is 13.0 Å². The summed E-state index contributed by atoms with van der Waals surface area (Å²) in [7, 11) is 1.61. The zero-order valence-electron chi connectivity index (χ0n) is 9.68. The Bertz CT molecular complexity index is 514. The summed E-state index contributed by atoms with van der Waals surface area (Å²) in [6.45, 7) is 6.39. The maximum atomic E-state index is 11.6. The highest BCUT2D eigenvalue weighted by Crippen LogP contribution is 2.34. The van der Waals surface area contributed by atoms with E-state index in [2.05, 4.69) is 13.8 Å². The fourth-order valence-corrected chi connectivity index (χ4v) is 2.08. The Kier molecular flexibility index (Phi) is 2.29. The lowest BCUT2D eigenvalue weighted by Gasteiger charge is -2.08. The van der Waals surface area contributed by atoms with E-state index in [9.17, 15) is 4.79 Å². The van der Waals surface area contributed by atoms with Crippen LogP contribution in [0.1, 0.15) is 25.0 Å². The van der Waals surface area contributed by atoms with Crippen LogP contribution in [0.25, 0.3) is 10.8 Å². The molecule has 2 aromatic rings. The number of rotatable bonds is 3. The first-order valence-corrected chi connectivity index (χ1v) is 5.31. The highest BCUT2D eigenvalue weighted by molar-refractivity contribution is 6.05. The molecule has 80 valence electrons. The molecule has 0 atom stereocenters. The maximum absolute atomic E-state index is 11.6. The lowest BCUT2D eigenvalue weighted by atomic mass is 9.98. The number of hydrogen-bond acceptors (Lipinski definition) is 2. The summed E-state index contributed by atoms with van der Waals surface area (Å²) in [4.78, 5) is 11.6. The number of fused-ring (bicyclic) bond motifs is 1. The van der Waals surface area contributed by atoms with Crippen LogP contribution in [0.2, 0.25) is 0 Å². The lowest BCUT2D eigenvalue weighted by molar-refractivity contribution is 0.420. The summed E-state index contributed by atoms with van der Waals surface area (Å²) in [6, 6.07) is 1.97. The van der Waals surface area contributed by atoms with Gasteiger partial charge in [0, 0.05) is 5.39 Å². The van der Waals surface area contributed by atoms with Gasteiger partial charge in [-0.2, -0.15) is 0 Å². The third-order valence-corrected chi connectivity index (χ3v) is 2.85. The number of benzene rings is 1. The minimum Gasteiger partial charge on any atom is -0.496 e. The van der Waals surface area contributed by atoms with Crippen molar-refractivity contribution in [2.45, 2.75) is 27.2 Å². The predicted molar refractivity (Wildman–Crippen MR) is 62.4 cm³/mol. The first kappa shape index (κ1) is 10.2. The van der Waals surface area contributed by atoms with Crippen molar-refractivity contribution < 1.29 is 4.74 Å². The third kappa shape index (κ3) is 1.54. The van der Waals surface area contributed by atoms with Crippen molar-refractivity contribution in [3.8, 4) is 5.75 Å². The second-order valence-corrected chi connectivity index (χ2v) is 4.55. The Morgan fingerprint density at radius 1 is 1.33 bits per heavy atom. The molecule has 0 amide bonds. The molecular formula is C13H16O2. The zero-order chi connectivity index (χ0) is 11.2. The second kappa shape index (κ2) is 3.37. The van der Waals surface area contributed by atoms with Crippen molar-refractivity contribution >= 4 is 10.8 Å². The van der Waals surface area contributed by atoms with Gasteiger partial charge in [0.05, 0.1) is 12.5 Å². The van der Waals surface area contributed by atoms with Gasteiger partial charge in [0.1, 0.15) is 5.75 Å². The topological polar surface area (TPSA) is 26.3 Å². The van der Waals surface area contributed by atoms with Crippen molar-refractivity contribution in [1.82, 2.24) is 0 Å². The first-order chi connectivity index (χ1) is 7.06. The molecule has 2 nitrogen and oxygen atoms in total. The molecule has 0 aliphatic rings. The van der Waals surface area contributed by atoms with Gasteiger partial charge >= 0.3 is 0 Å². The van der Waals surface area contributed by atoms with Crippen molar-refractivity contribution in [2.75, 3.05) is 7.11 Å². The van der Waals surface area contributed by atoms with Crippen molar-refractivity contribution in [3.63, 3.8) is 0 Å². The standard InChI is InChI=1S/C13H16O2/c1-7(2)5-9-8(3)6-10(15-4)12-11(9)13(12)14/h6-7H,5H2,1-4H3. The molecule has 0 saturated carbocycles. The Hall–Kier alpha value is -1.31. The van der Waals surface area contributed by atoms with Crippen LogP contribution in [0.4, 0.5) is 0 Å². The van der Waals surface area contributed by atoms with Gasteiger partial charge < -0.3 is 4.74 Å². The molecule has 0 aliphatic carbocycles. The van der Waals surface area contributed by atoms with E-state index in [4.69, 9.17) is 4.74 Å². The highest BCUT2D eigenvalue weighted by atomic mass is 16.5. The lowest BCUT2D eigenvalue weighted by Crippen LogP contribution is -1.96. The van der Waals surface area contributed by atoms with E-state index in [1.165, 1.54) is 11.1 Å². The molecule has 0 saturated heterocycles. The van der Waals surface area contributed by atoms with Gasteiger partial charge in [-0.25, -0.2) is 0 Å². The van der Waals surface area contributed by atoms with Gasteiger partial charge in [0.2, 0.25) is 0 Å². The minimum atomic E-state index is 0.176. The van der Waals surface area contributed by atoms with Crippen molar-refractivity contribution in [2.24, 2.45) is 5.92 Å². The molecule has 0 N–H and O–H groups in total. The number of methoxy groups -OCH3 is 1. The number of ether oxygens (including phenoxy) is 1. The van der Waals surface area contributed by atoms with E-state index >= 15 is 0 Å². The molecule has 0 spiro atoms. The average molecular weight is 204 g/mol. The molecule has 0 bridgehead atoms. The van der Waals surface area contributed by atoms with Crippen LogP contribution in [-0.4, -0.2) is 7.11 Å². The number of aryl methyl sites for hydroxylation is 1. The van der Waals surface area contributed by atoms with E-state index < -0.39 is 0 Å². The van der Waals surface area contributed by atoms with Gasteiger partial charge in [0.25, 0.3) is 0 Å². The summed E-state index contributed by atoms with van der Waals surface area (Å²) in [5, 5.41) is 1.72. The largest absolute Gasteiger partial charge is 0.496 e. The van der Waals surface area contributed by atoms with Crippen LogP contribution in [0.3, 0.4) is 0 Å². The van der Waals surface area contributed by atoms with E-state index in [-0.39, 0.29) is 5.43 Å². The monoisotopic (exact) mass is 204 g/mol. The van der Waals surface area contributed by atoms with Crippen molar-refractivity contribution in [1.29, 1.82) is 0 Å². The van der Waals surface area contributed by atoms with Gasteiger partial charge in [0.15, 0.2) is 5.43 Å². The second-order valence-electron chi connectivity index (χ2n) is 4.55. The van der Waals surface area contributed by atoms with Gasteiger partial charge in [-0.1, -0.05) is 13.8 Å². The third-order valence-electron chi connectivity index (χ3n) is 2.85. The Balaban J connectivity index is 2.55. The normalized spacial score (nSPS) is 11.8. The highest BCUT2D eigenvalue weighted by Gasteiger charge is 2.23. The van der Waals surface area contributed by atoms with E-state index in [0.717, 1.165) is 22.9 Å². The van der Waals surface area contributed by atoms with Gasteiger partial charge in [-0.3, -0.25) is 4.79 Å². The molecule has 2 aromatic carbocycles. The molecule has 0 heterocycles. The molecular weight excluding hydrogens is 188 g/mol. The summed E-state index contributed by atoms with van der Waals surface area (Å²) in [6.07, 6.45) is 0.976. The summed E-state index contributed by atoms with van der Waals surface area (Å²) >= 11 is 0. The fourth-order valence-electron chi connectivity index (χ4n) is 2.08. The van der Waals surface area contributed by atoms with Crippen molar-refractivity contribution in [3.05, 3.63) is 27.4 Å². The minimum absolute atomic E-state index is 0.176. The molecule has 0 aliphatic heterocycles. The molecule has 0 fully saturated rings. The number of hydrogen-bond donors (Lipinski definition) is 0. The quantitative estimate of drug-likeness (QED) is 0.768. The summed E-state index contributed by atoms with van der Waals surface area (Å²) < 4.78 is 5.19. The van der Waals surface area contributed by atoms with E-state index in [1.54, 1.807) is 7.11 Å². The smallest absolute Gasteiger partial charge is 0.198 e. The van der Waals surface area contributed by atoms with Crippen LogP contribution in [0.15, 0.2) is 10.9 Å². The maximum Gasteiger partial charge on any atom is 0.198 e. The predicted octanol–water partition coefficient (Wildman–Crippen LogP) is 2.59. The molecule has 0 unspecified atom stereocenters. The molecule has 2 rings (SSSR count). The zero-order valence-corrected chi connectivity index (χ0v) is 9.68. The SMILES string of the molecule is COc1cc(C)c(CC(C)C)c2c(=O)c12. The first-order valence-electron chi connectivity index (χ1n) is 5.31. The van der Waals surface area contributed by atoms with Crippen LogP contribution in [0.5, 0.6) is 5.75 Å². The Morgan fingerprint density at radius 2 is 2.00 bits per heavy atom. The van der Waals surface area contributed by atoms with Crippen LogP contribution >= 0.6 is 0 Å². The van der Waals surface area contributed by atoms with Gasteiger partial charge in [-0.15, -0.1) is 0 Å². The van der Waals surface area contributed by atoms with Crippen LogP contribution < -0.4 is 10.2 Å². The van der Waals surface area contributed by atoms with E-state index in [0.29, 0.717) is 5.92 Å². The average Bonchev–Trinajstić information content (AvgIpc) is 2.82. The Labute approximate surface area is 89.5 Å². The molecule has 0 radical (unpaired) electrons. The molecule has 15 heavy (non-hydrogen) atoms. The Morgan fingerprint density at radius 3 is 2.53 bits per heavy atom. The molecule has 0 aromatic heterocycles. The summed E-state index contributed by atoms with van der Waals surface area (Å²) in [5.41, 5.74) is 2.56. The van der Waals surface area contributed by atoms with Crippen LogP contribution in [0, 0.1) is 12.8 Å².